The first kappa shape index (κ1) is 31.4. The van der Waals surface area contributed by atoms with Gasteiger partial charge in [0.05, 0.1) is 5.92 Å². The maximum atomic E-state index is 6.34. The maximum absolute atomic E-state index is 6.34. The predicted octanol–water partition coefficient (Wildman–Crippen LogP) is 11.5. The molecule has 3 unspecified atom stereocenters. The van der Waals surface area contributed by atoms with E-state index in [0.29, 0.717) is 5.82 Å². The second kappa shape index (κ2) is 13.3. The molecular weight excluding hydrogens is 647 g/mol. The number of nitrogens with zero attached hydrogens (tertiary/aromatic N) is 3. The monoisotopic (exact) mass is 683 g/mol. The van der Waals surface area contributed by atoms with E-state index in [0.717, 1.165) is 53.4 Å². The Kier molecular flexibility index (Phi) is 7.87. The maximum Gasteiger partial charge on any atom is 0.163 e. The Labute approximate surface area is 310 Å². The summed E-state index contributed by atoms with van der Waals surface area (Å²) in [6.07, 6.45) is 20.2. The van der Waals surface area contributed by atoms with Crippen LogP contribution in [0.15, 0.2) is 164 Å². The molecule has 6 aromatic rings. The molecule has 0 radical (unpaired) electrons. The summed E-state index contributed by atoms with van der Waals surface area (Å²) in [4.78, 5) is 15.4. The summed E-state index contributed by atoms with van der Waals surface area (Å²) >= 11 is 0. The smallest absolute Gasteiger partial charge is 0.163 e. The minimum absolute atomic E-state index is 0.0227. The lowest BCUT2D eigenvalue weighted by atomic mass is 9.80. The average Bonchev–Trinajstić information content (AvgIpc) is 3.63. The molecule has 0 fully saturated rings. The van der Waals surface area contributed by atoms with Crippen LogP contribution in [-0.4, -0.2) is 21.1 Å². The molecule has 5 aromatic carbocycles. The lowest BCUT2D eigenvalue weighted by Crippen LogP contribution is -2.19. The summed E-state index contributed by atoms with van der Waals surface area (Å²) in [5, 5.41) is 0. The third-order valence-electron chi connectivity index (χ3n) is 11.0. The van der Waals surface area contributed by atoms with Crippen molar-refractivity contribution < 1.29 is 4.74 Å². The average molecular weight is 684 g/mol. The number of aryl methyl sites for hydroxylation is 1. The van der Waals surface area contributed by atoms with Crippen LogP contribution in [0.4, 0.5) is 0 Å². The molecule has 0 saturated heterocycles. The van der Waals surface area contributed by atoms with E-state index in [2.05, 4.69) is 170 Å². The van der Waals surface area contributed by atoms with Crippen molar-refractivity contribution in [1.29, 1.82) is 0 Å². The van der Waals surface area contributed by atoms with Gasteiger partial charge in [0.1, 0.15) is 17.7 Å². The zero-order valence-corrected chi connectivity index (χ0v) is 29.3. The molecule has 3 atom stereocenters. The lowest BCUT2D eigenvalue weighted by Gasteiger charge is -2.24. The van der Waals surface area contributed by atoms with Crippen molar-refractivity contribution in [2.75, 3.05) is 0 Å². The normalized spacial score (nSPS) is 19.4. The summed E-state index contributed by atoms with van der Waals surface area (Å²) in [5.41, 5.74) is 13.3. The van der Waals surface area contributed by atoms with Crippen LogP contribution in [0, 0.1) is 0 Å². The fraction of sp³-hybridized carbons (Fsp3) is 0.122. The number of aromatic nitrogens is 3. The van der Waals surface area contributed by atoms with E-state index in [-0.39, 0.29) is 17.9 Å². The fourth-order valence-electron chi connectivity index (χ4n) is 8.12. The van der Waals surface area contributed by atoms with Gasteiger partial charge in [-0.2, -0.15) is 0 Å². The van der Waals surface area contributed by atoms with E-state index in [1.165, 1.54) is 44.5 Å². The van der Waals surface area contributed by atoms with E-state index in [1.807, 2.05) is 0 Å². The Balaban J connectivity index is 0.981. The fourth-order valence-corrected chi connectivity index (χ4v) is 8.12. The zero-order chi connectivity index (χ0) is 35.1. The van der Waals surface area contributed by atoms with Crippen LogP contribution >= 0.6 is 0 Å². The van der Waals surface area contributed by atoms with Crippen molar-refractivity contribution in [3.8, 4) is 39.4 Å². The van der Waals surface area contributed by atoms with Crippen molar-refractivity contribution in [2.24, 2.45) is 0 Å². The van der Waals surface area contributed by atoms with Gasteiger partial charge in [-0.05, 0) is 93.6 Å². The molecule has 3 aliphatic carbocycles. The molecule has 0 saturated carbocycles. The molecule has 4 aliphatic rings. The third kappa shape index (κ3) is 5.96. The Morgan fingerprint density at radius 1 is 0.566 bits per heavy atom. The van der Waals surface area contributed by atoms with Gasteiger partial charge in [0.2, 0.25) is 0 Å². The molecule has 254 valence electrons. The summed E-state index contributed by atoms with van der Waals surface area (Å²) in [6.45, 7) is 0. The van der Waals surface area contributed by atoms with Gasteiger partial charge in [-0.15, -0.1) is 0 Å². The number of para-hydroxylation sites is 1. The number of benzene rings is 5. The summed E-state index contributed by atoms with van der Waals surface area (Å²) in [5.74, 6) is 3.58. The zero-order valence-electron chi connectivity index (χ0n) is 29.3. The summed E-state index contributed by atoms with van der Waals surface area (Å²) in [6, 6.07) is 43.3. The third-order valence-corrected chi connectivity index (χ3v) is 11.0. The molecule has 0 amide bonds. The molecule has 0 spiro atoms. The highest BCUT2D eigenvalue weighted by atomic mass is 16.5. The van der Waals surface area contributed by atoms with Crippen molar-refractivity contribution in [3.05, 3.63) is 198 Å². The van der Waals surface area contributed by atoms with Gasteiger partial charge in [-0.25, -0.2) is 15.0 Å². The topological polar surface area (TPSA) is 47.9 Å². The van der Waals surface area contributed by atoms with Gasteiger partial charge < -0.3 is 4.74 Å². The molecule has 2 heterocycles. The van der Waals surface area contributed by atoms with E-state index in [4.69, 9.17) is 19.7 Å². The first-order chi connectivity index (χ1) is 26.2. The second-order valence-electron chi connectivity index (χ2n) is 14.2. The molecule has 0 bridgehead atoms. The number of rotatable bonds is 6. The van der Waals surface area contributed by atoms with Crippen molar-refractivity contribution >= 4 is 17.2 Å². The molecule has 4 nitrogen and oxygen atoms in total. The van der Waals surface area contributed by atoms with Crippen molar-refractivity contribution in [2.45, 2.75) is 37.2 Å². The Morgan fingerprint density at radius 3 is 2.04 bits per heavy atom. The van der Waals surface area contributed by atoms with Gasteiger partial charge in [0.15, 0.2) is 11.6 Å². The quantitative estimate of drug-likeness (QED) is 0.175. The van der Waals surface area contributed by atoms with E-state index >= 15 is 0 Å². The van der Waals surface area contributed by atoms with Crippen LogP contribution in [0.5, 0.6) is 5.75 Å². The highest BCUT2D eigenvalue weighted by Crippen LogP contribution is 2.48. The molecule has 1 aliphatic heterocycles. The minimum atomic E-state index is 0.0227. The summed E-state index contributed by atoms with van der Waals surface area (Å²) in [7, 11) is 0. The standard InChI is InChI=1S/C49H37N3O/c1-3-10-32(11-4-1)33-18-20-34(21-19-33)35-22-26-38(27-23-35)48-50-47(37-12-5-2-6-13-37)51-49(52-48)40-29-25-36-24-28-39(30-41(36)31-40)42-15-9-17-45-46(42)43-14-7-8-16-44(43)53-45/h1-12,14-24,26-28,30-31,37,45-46H,13,25,29H2. The Bertz CT molecular complexity index is 2500. The number of hydrogen-bond donors (Lipinski definition) is 0. The van der Waals surface area contributed by atoms with Crippen LogP contribution < -0.4 is 4.74 Å². The minimum Gasteiger partial charge on any atom is -0.485 e. The molecule has 1 aromatic heterocycles. The molecular formula is C49H37N3O. The highest BCUT2D eigenvalue weighted by molar-refractivity contribution is 5.85. The largest absolute Gasteiger partial charge is 0.485 e. The number of allylic oxidation sites excluding steroid dienone is 7. The van der Waals surface area contributed by atoms with Crippen LogP contribution in [-0.2, 0) is 6.42 Å². The van der Waals surface area contributed by atoms with Crippen LogP contribution in [0.25, 0.3) is 50.9 Å². The van der Waals surface area contributed by atoms with Gasteiger partial charge in [0.25, 0.3) is 0 Å². The Morgan fingerprint density at radius 2 is 1.26 bits per heavy atom. The number of hydrogen-bond acceptors (Lipinski definition) is 4. The summed E-state index contributed by atoms with van der Waals surface area (Å²) < 4.78 is 6.34. The van der Waals surface area contributed by atoms with Crippen LogP contribution in [0.2, 0.25) is 0 Å². The first-order valence-corrected chi connectivity index (χ1v) is 18.6. The van der Waals surface area contributed by atoms with E-state index in [9.17, 15) is 0 Å². The molecule has 10 rings (SSSR count). The van der Waals surface area contributed by atoms with E-state index in [1.54, 1.807) is 0 Å². The predicted molar refractivity (Wildman–Crippen MR) is 215 cm³/mol. The van der Waals surface area contributed by atoms with Crippen LogP contribution in [0.1, 0.15) is 58.6 Å². The number of ether oxygens (including phenoxy) is 1. The second-order valence-corrected chi connectivity index (χ2v) is 14.2. The molecule has 4 heteroatoms. The van der Waals surface area contributed by atoms with Gasteiger partial charge in [0, 0.05) is 17.0 Å². The molecule has 0 N–H and O–H groups in total. The van der Waals surface area contributed by atoms with Crippen molar-refractivity contribution in [1.82, 2.24) is 15.0 Å². The lowest BCUT2D eigenvalue weighted by molar-refractivity contribution is 0.271. The molecule has 53 heavy (non-hydrogen) atoms. The van der Waals surface area contributed by atoms with Crippen molar-refractivity contribution in [3.63, 3.8) is 0 Å². The van der Waals surface area contributed by atoms with Gasteiger partial charge in [-0.3, -0.25) is 0 Å². The highest BCUT2D eigenvalue weighted by Gasteiger charge is 2.37. The first-order valence-electron chi connectivity index (χ1n) is 18.6. The SMILES string of the molecule is C1=CCC(c2nc(C3=Cc4cc(C5=CC=CC6Oc7ccccc7C56)ccc4CC3)nc(-c3ccc(-c4ccc(-c5ccccc5)cc4)cc3)n2)C=C1. The van der Waals surface area contributed by atoms with Gasteiger partial charge >= 0.3 is 0 Å². The Hall–Kier alpha value is -6.39. The van der Waals surface area contributed by atoms with E-state index < -0.39 is 0 Å². The van der Waals surface area contributed by atoms with Crippen LogP contribution in [0.3, 0.4) is 0 Å². The number of fused-ring (bicyclic) bond motifs is 4. The van der Waals surface area contributed by atoms with Gasteiger partial charge in [-0.1, -0.05) is 146 Å².